The van der Waals surface area contributed by atoms with Gasteiger partial charge in [0, 0.05) is 24.8 Å². The highest BCUT2D eigenvalue weighted by molar-refractivity contribution is 5.58. The molecule has 98 valence electrons. The topological polar surface area (TPSA) is 29.3 Å². The van der Waals surface area contributed by atoms with E-state index in [4.69, 9.17) is 5.73 Å². The third-order valence-corrected chi connectivity index (χ3v) is 3.70. The maximum Gasteiger partial charge on any atom is 0.123 e. The number of nitrogens with two attached hydrogens (primary N) is 1. The zero-order chi connectivity index (χ0) is 13.2. The molecule has 3 heteroatoms. The van der Waals surface area contributed by atoms with Gasteiger partial charge in [-0.3, -0.25) is 0 Å². The predicted molar refractivity (Wildman–Crippen MR) is 75.7 cm³/mol. The van der Waals surface area contributed by atoms with Gasteiger partial charge in [0.25, 0.3) is 0 Å². The summed E-state index contributed by atoms with van der Waals surface area (Å²) in [6.07, 6.45) is 1.08. The van der Waals surface area contributed by atoms with Gasteiger partial charge in [-0.05, 0) is 35.7 Å². The van der Waals surface area contributed by atoms with Crippen molar-refractivity contribution in [2.75, 3.05) is 18.0 Å². The lowest BCUT2D eigenvalue weighted by atomic mass is 10.1. The van der Waals surface area contributed by atoms with E-state index in [0.29, 0.717) is 0 Å². The molecular formula is C16H17FN2. The summed E-state index contributed by atoms with van der Waals surface area (Å²) in [6, 6.07) is 14.8. The summed E-state index contributed by atoms with van der Waals surface area (Å²) in [7, 11) is 0. The third-order valence-electron chi connectivity index (χ3n) is 3.70. The van der Waals surface area contributed by atoms with Crippen molar-refractivity contribution >= 4 is 5.69 Å². The van der Waals surface area contributed by atoms with Crippen LogP contribution in [0.25, 0.3) is 0 Å². The molecule has 1 atom stereocenters. The largest absolute Gasteiger partial charge is 0.369 e. The van der Waals surface area contributed by atoms with Crippen molar-refractivity contribution in [2.45, 2.75) is 12.5 Å². The molecule has 1 aliphatic heterocycles. The molecule has 0 amide bonds. The van der Waals surface area contributed by atoms with Crippen molar-refractivity contribution in [1.82, 2.24) is 0 Å². The molecular weight excluding hydrogens is 239 g/mol. The molecule has 2 aromatic rings. The molecule has 1 unspecified atom stereocenters. The van der Waals surface area contributed by atoms with Gasteiger partial charge in [0.2, 0.25) is 0 Å². The van der Waals surface area contributed by atoms with E-state index in [1.165, 1.54) is 23.4 Å². The molecule has 0 aromatic heterocycles. The van der Waals surface area contributed by atoms with Crippen molar-refractivity contribution in [3.63, 3.8) is 0 Å². The second-order valence-electron chi connectivity index (χ2n) is 4.98. The molecule has 1 aliphatic rings. The van der Waals surface area contributed by atoms with Gasteiger partial charge in [0.1, 0.15) is 5.82 Å². The van der Waals surface area contributed by atoms with Crippen LogP contribution in [0.2, 0.25) is 0 Å². The second-order valence-corrected chi connectivity index (χ2v) is 4.98. The van der Waals surface area contributed by atoms with Crippen LogP contribution in [0.5, 0.6) is 0 Å². The number of fused-ring (bicyclic) bond motifs is 1. The number of rotatable bonds is 3. The Bertz CT molecular complexity index is 565. The van der Waals surface area contributed by atoms with E-state index in [1.54, 1.807) is 12.1 Å². The smallest absolute Gasteiger partial charge is 0.123 e. The van der Waals surface area contributed by atoms with Gasteiger partial charge in [0.15, 0.2) is 0 Å². The van der Waals surface area contributed by atoms with Crippen LogP contribution in [0.4, 0.5) is 10.1 Å². The van der Waals surface area contributed by atoms with Gasteiger partial charge in [0.05, 0.1) is 0 Å². The Balaban J connectivity index is 1.74. The first-order valence-electron chi connectivity index (χ1n) is 6.58. The standard InChI is InChI=1S/C16H17FN2/c17-14-7-5-12(6-8-14)15(18)11-19-10-9-13-3-1-2-4-16(13)19/h1-8,15H,9-11,18H2. The minimum atomic E-state index is -0.220. The molecule has 1 heterocycles. The van der Waals surface area contributed by atoms with Crippen LogP contribution < -0.4 is 10.6 Å². The van der Waals surface area contributed by atoms with E-state index in [0.717, 1.165) is 25.1 Å². The van der Waals surface area contributed by atoms with E-state index >= 15 is 0 Å². The van der Waals surface area contributed by atoms with Crippen molar-refractivity contribution in [2.24, 2.45) is 5.73 Å². The third kappa shape index (κ3) is 2.47. The summed E-state index contributed by atoms with van der Waals surface area (Å²) in [6.45, 7) is 1.77. The Morgan fingerprint density at radius 2 is 1.84 bits per heavy atom. The molecule has 0 saturated heterocycles. The number of benzene rings is 2. The van der Waals surface area contributed by atoms with Crippen LogP contribution in [0.3, 0.4) is 0 Å². The predicted octanol–water partition coefficient (Wildman–Crippen LogP) is 2.89. The molecule has 0 radical (unpaired) electrons. The molecule has 2 N–H and O–H groups in total. The SMILES string of the molecule is NC(CN1CCc2ccccc21)c1ccc(F)cc1. The average molecular weight is 256 g/mol. The number of hydrogen-bond donors (Lipinski definition) is 1. The van der Waals surface area contributed by atoms with Crippen LogP contribution in [0.1, 0.15) is 17.2 Å². The van der Waals surface area contributed by atoms with Crippen LogP contribution >= 0.6 is 0 Å². The van der Waals surface area contributed by atoms with Crippen molar-refractivity contribution in [3.8, 4) is 0 Å². The molecule has 0 bridgehead atoms. The van der Waals surface area contributed by atoms with Crippen LogP contribution in [0, 0.1) is 5.82 Å². The molecule has 2 aromatic carbocycles. The maximum atomic E-state index is 12.9. The van der Waals surface area contributed by atoms with Crippen LogP contribution in [0.15, 0.2) is 48.5 Å². The lowest BCUT2D eigenvalue weighted by Crippen LogP contribution is -2.30. The van der Waals surface area contributed by atoms with E-state index in [9.17, 15) is 4.39 Å². The number of halogens is 1. The van der Waals surface area contributed by atoms with Gasteiger partial charge in [-0.15, -0.1) is 0 Å². The summed E-state index contributed by atoms with van der Waals surface area (Å²) in [5.74, 6) is -0.220. The minimum absolute atomic E-state index is 0.0910. The Morgan fingerprint density at radius 1 is 1.11 bits per heavy atom. The molecule has 3 rings (SSSR count). The van der Waals surface area contributed by atoms with Crippen LogP contribution in [-0.2, 0) is 6.42 Å². The van der Waals surface area contributed by atoms with Gasteiger partial charge in [-0.2, -0.15) is 0 Å². The molecule has 0 aliphatic carbocycles. The summed E-state index contributed by atoms with van der Waals surface area (Å²) >= 11 is 0. The van der Waals surface area contributed by atoms with E-state index in [1.807, 2.05) is 0 Å². The van der Waals surface area contributed by atoms with Gasteiger partial charge >= 0.3 is 0 Å². The van der Waals surface area contributed by atoms with Gasteiger partial charge < -0.3 is 10.6 Å². The summed E-state index contributed by atoms with van der Waals surface area (Å²) in [5, 5.41) is 0. The number of anilines is 1. The fourth-order valence-electron chi connectivity index (χ4n) is 2.65. The first-order chi connectivity index (χ1) is 9.24. The fourth-order valence-corrected chi connectivity index (χ4v) is 2.65. The maximum absolute atomic E-state index is 12.9. The molecule has 2 nitrogen and oxygen atoms in total. The van der Waals surface area contributed by atoms with Crippen molar-refractivity contribution in [1.29, 1.82) is 0 Å². The molecule has 0 saturated carbocycles. The first-order valence-corrected chi connectivity index (χ1v) is 6.58. The monoisotopic (exact) mass is 256 g/mol. The van der Waals surface area contributed by atoms with Crippen molar-refractivity contribution in [3.05, 3.63) is 65.5 Å². The summed E-state index contributed by atoms with van der Waals surface area (Å²) in [5.41, 5.74) is 9.86. The Morgan fingerprint density at radius 3 is 2.63 bits per heavy atom. The normalized spacial score (nSPS) is 15.4. The highest BCUT2D eigenvalue weighted by Gasteiger charge is 2.20. The highest BCUT2D eigenvalue weighted by atomic mass is 19.1. The zero-order valence-corrected chi connectivity index (χ0v) is 10.7. The summed E-state index contributed by atoms with van der Waals surface area (Å²) < 4.78 is 12.9. The van der Waals surface area contributed by atoms with E-state index < -0.39 is 0 Å². The average Bonchev–Trinajstić information content (AvgIpc) is 2.83. The Kier molecular flexibility index (Phi) is 3.22. The first kappa shape index (κ1) is 12.2. The van der Waals surface area contributed by atoms with E-state index in [2.05, 4.69) is 29.2 Å². The van der Waals surface area contributed by atoms with E-state index in [-0.39, 0.29) is 11.9 Å². The second kappa shape index (κ2) is 5.02. The molecule has 0 spiro atoms. The fraction of sp³-hybridized carbons (Fsp3) is 0.250. The number of hydrogen-bond acceptors (Lipinski definition) is 2. The summed E-state index contributed by atoms with van der Waals surface area (Å²) in [4.78, 5) is 2.31. The minimum Gasteiger partial charge on any atom is -0.369 e. The molecule has 19 heavy (non-hydrogen) atoms. The Labute approximate surface area is 112 Å². The van der Waals surface area contributed by atoms with Gasteiger partial charge in [-0.1, -0.05) is 30.3 Å². The Hall–Kier alpha value is -1.87. The lowest BCUT2D eigenvalue weighted by Gasteiger charge is -2.23. The molecule has 0 fully saturated rings. The van der Waals surface area contributed by atoms with Crippen molar-refractivity contribution < 1.29 is 4.39 Å². The highest BCUT2D eigenvalue weighted by Crippen LogP contribution is 2.28. The number of nitrogens with zero attached hydrogens (tertiary/aromatic N) is 1. The number of para-hydroxylation sites is 1. The lowest BCUT2D eigenvalue weighted by molar-refractivity contribution is 0.623. The quantitative estimate of drug-likeness (QED) is 0.915. The van der Waals surface area contributed by atoms with Crippen LogP contribution in [-0.4, -0.2) is 13.1 Å². The van der Waals surface area contributed by atoms with Gasteiger partial charge in [-0.25, -0.2) is 4.39 Å². The zero-order valence-electron chi connectivity index (χ0n) is 10.7.